The van der Waals surface area contributed by atoms with Gasteiger partial charge in [-0.15, -0.1) is 0 Å². The summed E-state index contributed by atoms with van der Waals surface area (Å²) in [7, 11) is 0. The molecule has 21 heavy (non-hydrogen) atoms. The average Bonchev–Trinajstić information content (AvgIpc) is 3.21. The second kappa shape index (κ2) is 6.20. The van der Waals surface area contributed by atoms with E-state index in [1.165, 1.54) is 13.0 Å². The summed E-state index contributed by atoms with van der Waals surface area (Å²) in [5, 5.41) is 11.5. The SMILES string of the molecule is CC(C(=O)NC(CC1CC1)C(=O)O)c1c(F)cccc1F. The maximum absolute atomic E-state index is 13.6. The number of hydrogen-bond acceptors (Lipinski definition) is 2. The lowest BCUT2D eigenvalue weighted by molar-refractivity contribution is -0.142. The van der Waals surface area contributed by atoms with E-state index in [-0.39, 0.29) is 5.56 Å². The van der Waals surface area contributed by atoms with Gasteiger partial charge in [0.15, 0.2) is 0 Å². The molecule has 1 aliphatic rings. The summed E-state index contributed by atoms with van der Waals surface area (Å²) in [4.78, 5) is 23.2. The van der Waals surface area contributed by atoms with Gasteiger partial charge in [0.2, 0.25) is 5.91 Å². The predicted molar refractivity (Wildman–Crippen MR) is 71.7 cm³/mol. The minimum atomic E-state index is -1.13. The number of aliphatic carboxylic acids is 1. The zero-order valence-electron chi connectivity index (χ0n) is 11.6. The lowest BCUT2D eigenvalue weighted by Crippen LogP contribution is -2.43. The third kappa shape index (κ3) is 3.77. The Balaban J connectivity index is 2.09. The predicted octanol–water partition coefficient (Wildman–Crippen LogP) is 2.44. The minimum absolute atomic E-state index is 0.312. The van der Waals surface area contributed by atoms with Crippen molar-refractivity contribution in [3.05, 3.63) is 35.4 Å². The molecule has 4 nitrogen and oxygen atoms in total. The number of amides is 1. The molecule has 0 spiro atoms. The third-order valence-electron chi connectivity index (χ3n) is 3.71. The van der Waals surface area contributed by atoms with Gasteiger partial charge in [0.1, 0.15) is 17.7 Å². The van der Waals surface area contributed by atoms with Gasteiger partial charge in [-0.1, -0.05) is 18.9 Å². The van der Waals surface area contributed by atoms with E-state index >= 15 is 0 Å². The van der Waals surface area contributed by atoms with Crippen LogP contribution in [0.4, 0.5) is 8.78 Å². The van der Waals surface area contributed by atoms with Crippen molar-refractivity contribution in [1.29, 1.82) is 0 Å². The van der Waals surface area contributed by atoms with Gasteiger partial charge in [0.25, 0.3) is 0 Å². The average molecular weight is 297 g/mol. The van der Waals surface area contributed by atoms with E-state index in [1.807, 2.05) is 0 Å². The monoisotopic (exact) mass is 297 g/mol. The van der Waals surface area contributed by atoms with Crippen molar-refractivity contribution in [1.82, 2.24) is 5.32 Å². The van der Waals surface area contributed by atoms with Crippen LogP contribution in [0.2, 0.25) is 0 Å². The van der Waals surface area contributed by atoms with Crippen LogP contribution in [0.5, 0.6) is 0 Å². The Morgan fingerprint density at radius 1 is 1.33 bits per heavy atom. The van der Waals surface area contributed by atoms with E-state index in [9.17, 15) is 18.4 Å². The molecule has 0 aromatic heterocycles. The van der Waals surface area contributed by atoms with Crippen LogP contribution in [0.3, 0.4) is 0 Å². The summed E-state index contributed by atoms with van der Waals surface area (Å²) in [5.74, 6) is -4.22. The molecule has 1 aliphatic carbocycles. The number of benzene rings is 1. The Morgan fingerprint density at radius 2 is 1.90 bits per heavy atom. The van der Waals surface area contributed by atoms with Gasteiger partial charge in [-0.05, 0) is 31.4 Å². The quantitative estimate of drug-likeness (QED) is 0.847. The van der Waals surface area contributed by atoms with Gasteiger partial charge in [0.05, 0.1) is 5.92 Å². The van der Waals surface area contributed by atoms with Crippen molar-refractivity contribution in [2.75, 3.05) is 0 Å². The van der Waals surface area contributed by atoms with Crippen LogP contribution in [-0.2, 0) is 9.59 Å². The molecule has 0 heterocycles. The molecule has 1 aromatic carbocycles. The highest BCUT2D eigenvalue weighted by Gasteiger charge is 2.32. The molecule has 6 heteroatoms. The van der Waals surface area contributed by atoms with Gasteiger partial charge >= 0.3 is 5.97 Å². The number of halogens is 2. The van der Waals surface area contributed by atoms with E-state index in [0.29, 0.717) is 12.3 Å². The summed E-state index contributed by atoms with van der Waals surface area (Å²) < 4.78 is 27.3. The highest BCUT2D eigenvalue weighted by atomic mass is 19.1. The first-order chi connectivity index (χ1) is 9.90. The molecule has 1 saturated carbocycles. The Kier molecular flexibility index (Phi) is 4.55. The van der Waals surface area contributed by atoms with E-state index in [1.54, 1.807) is 0 Å². The minimum Gasteiger partial charge on any atom is -0.480 e. The smallest absolute Gasteiger partial charge is 0.326 e. The molecule has 0 bridgehead atoms. The van der Waals surface area contributed by atoms with Gasteiger partial charge in [-0.25, -0.2) is 13.6 Å². The molecular weight excluding hydrogens is 280 g/mol. The molecule has 1 amide bonds. The molecule has 1 fully saturated rings. The van der Waals surface area contributed by atoms with Crippen LogP contribution in [0.1, 0.15) is 37.7 Å². The molecule has 1 aromatic rings. The maximum Gasteiger partial charge on any atom is 0.326 e. The fourth-order valence-electron chi connectivity index (χ4n) is 2.26. The fraction of sp³-hybridized carbons (Fsp3) is 0.467. The van der Waals surface area contributed by atoms with Crippen LogP contribution in [-0.4, -0.2) is 23.0 Å². The Hall–Kier alpha value is -1.98. The first kappa shape index (κ1) is 15.4. The number of carbonyl (C=O) groups is 2. The number of nitrogens with one attached hydrogen (secondary N) is 1. The van der Waals surface area contributed by atoms with Crippen LogP contribution in [0.25, 0.3) is 0 Å². The Morgan fingerprint density at radius 3 is 2.38 bits per heavy atom. The number of rotatable bonds is 6. The van der Waals surface area contributed by atoms with Gasteiger partial charge < -0.3 is 10.4 Å². The zero-order valence-corrected chi connectivity index (χ0v) is 11.6. The van der Waals surface area contributed by atoms with E-state index < -0.39 is 35.5 Å². The molecule has 2 rings (SSSR count). The summed E-state index contributed by atoms with van der Waals surface area (Å²) >= 11 is 0. The lowest BCUT2D eigenvalue weighted by atomic mass is 9.98. The maximum atomic E-state index is 13.6. The second-order valence-corrected chi connectivity index (χ2v) is 5.44. The summed E-state index contributed by atoms with van der Waals surface area (Å²) in [6.07, 6.45) is 2.27. The van der Waals surface area contributed by atoms with Crippen molar-refractivity contribution >= 4 is 11.9 Å². The molecule has 0 saturated heterocycles. The molecule has 0 radical (unpaired) electrons. The van der Waals surface area contributed by atoms with Crippen LogP contribution >= 0.6 is 0 Å². The van der Waals surface area contributed by atoms with Crippen molar-refractivity contribution in [2.24, 2.45) is 5.92 Å². The summed E-state index contributed by atoms with van der Waals surface area (Å²) in [6.45, 7) is 1.35. The van der Waals surface area contributed by atoms with Crippen LogP contribution in [0.15, 0.2) is 18.2 Å². The van der Waals surface area contributed by atoms with Crippen molar-refractivity contribution in [3.8, 4) is 0 Å². The van der Waals surface area contributed by atoms with Crippen LogP contribution in [0, 0.1) is 17.6 Å². The first-order valence-electron chi connectivity index (χ1n) is 6.87. The summed E-state index contributed by atoms with van der Waals surface area (Å²) in [6, 6.07) is 2.34. The largest absolute Gasteiger partial charge is 0.480 e. The first-order valence-corrected chi connectivity index (χ1v) is 6.87. The Bertz CT molecular complexity index is 538. The Labute approximate surface area is 121 Å². The molecule has 0 aliphatic heterocycles. The van der Waals surface area contributed by atoms with Crippen molar-refractivity contribution < 1.29 is 23.5 Å². The molecule has 2 unspecified atom stereocenters. The zero-order chi connectivity index (χ0) is 15.6. The molecule has 2 N–H and O–H groups in total. The van der Waals surface area contributed by atoms with E-state index in [2.05, 4.69) is 5.32 Å². The number of hydrogen-bond donors (Lipinski definition) is 2. The topological polar surface area (TPSA) is 66.4 Å². The van der Waals surface area contributed by atoms with Crippen LogP contribution < -0.4 is 5.32 Å². The van der Waals surface area contributed by atoms with Gasteiger partial charge in [-0.2, -0.15) is 0 Å². The molecular formula is C15H17F2NO3. The lowest BCUT2D eigenvalue weighted by Gasteiger charge is -2.18. The highest BCUT2D eigenvalue weighted by molar-refractivity contribution is 5.87. The van der Waals surface area contributed by atoms with Crippen molar-refractivity contribution in [3.63, 3.8) is 0 Å². The van der Waals surface area contributed by atoms with Gasteiger partial charge in [0, 0.05) is 5.56 Å². The fourth-order valence-corrected chi connectivity index (χ4v) is 2.26. The third-order valence-corrected chi connectivity index (χ3v) is 3.71. The standard InChI is InChI=1S/C15H17F2NO3/c1-8(13-10(16)3-2-4-11(13)17)14(19)18-12(15(20)21)7-9-5-6-9/h2-4,8-9,12H,5-7H2,1H3,(H,18,19)(H,20,21). The molecule has 2 atom stereocenters. The number of carboxylic acids is 1. The van der Waals surface area contributed by atoms with E-state index in [0.717, 1.165) is 25.0 Å². The number of carbonyl (C=O) groups excluding carboxylic acids is 1. The normalized spacial score (nSPS) is 17.1. The molecule has 114 valence electrons. The second-order valence-electron chi connectivity index (χ2n) is 5.44. The number of carboxylic acid groups (broad SMARTS) is 1. The summed E-state index contributed by atoms with van der Waals surface area (Å²) in [5.41, 5.74) is -0.342. The van der Waals surface area contributed by atoms with Gasteiger partial charge in [-0.3, -0.25) is 4.79 Å². The van der Waals surface area contributed by atoms with E-state index in [4.69, 9.17) is 5.11 Å². The highest BCUT2D eigenvalue weighted by Crippen LogP contribution is 2.33. The van der Waals surface area contributed by atoms with Crippen molar-refractivity contribution in [2.45, 2.75) is 38.1 Å².